The van der Waals surface area contributed by atoms with Crippen LogP contribution >= 0.6 is 22.9 Å². The van der Waals surface area contributed by atoms with Gasteiger partial charge in [0.25, 0.3) is 0 Å². The summed E-state index contributed by atoms with van der Waals surface area (Å²) in [7, 11) is 0. The van der Waals surface area contributed by atoms with Crippen molar-refractivity contribution in [2.45, 2.75) is 83.4 Å². The largest absolute Gasteiger partial charge is 0.436 e. The van der Waals surface area contributed by atoms with E-state index in [1.54, 1.807) is 0 Å². The Morgan fingerprint density at radius 2 is 2.07 bits per heavy atom. The highest BCUT2D eigenvalue weighted by Crippen LogP contribution is 2.46. The second kappa shape index (κ2) is 9.64. The molecule has 1 amide bonds. The number of amides is 1. The minimum Gasteiger partial charge on any atom is -0.300 e. The number of nitrogens with zero attached hydrogens (tertiary/aromatic N) is 4. The predicted octanol–water partition coefficient (Wildman–Crippen LogP) is 6.00. The lowest BCUT2D eigenvalue weighted by atomic mass is 10.0. The standard InChI is InChI=1S/C19H25ClF3N5OS/c1-3-5-6-11(4-2)17-25-26-18(30-17)24-13(29)9-10-28-15(12-7-8-12)14(20)16(27-28)19(21,22)23/h11-12H,3-10H2,1-2H3,(H,24,26,29). The van der Waals surface area contributed by atoms with Gasteiger partial charge in [-0.2, -0.15) is 18.3 Å². The lowest BCUT2D eigenvalue weighted by molar-refractivity contribution is -0.141. The van der Waals surface area contributed by atoms with Gasteiger partial charge in [-0.25, -0.2) is 0 Å². The molecule has 0 spiro atoms. The van der Waals surface area contributed by atoms with E-state index >= 15 is 0 Å². The van der Waals surface area contributed by atoms with Gasteiger partial charge < -0.3 is 5.32 Å². The third-order valence-electron chi connectivity index (χ3n) is 5.15. The van der Waals surface area contributed by atoms with Crippen molar-refractivity contribution in [1.29, 1.82) is 0 Å². The number of rotatable bonds is 10. The van der Waals surface area contributed by atoms with Gasteiger partial charge >= 0.3 is 6.18 Å². The van der Waals surface area contributed by atoms with Gasteiger partial charge in [0.15, 0.2) is 5.69 Å². The smallest absolute Gasteiger partial charge is 0.300 e. The van der Waals surface area contributed by atoms with Crippen LogP contribution in [-0.2, 0) is 17.5 Å². The molecule has 3 rings (SSSR count). The summed E-state index contributed by atoms with van der Waals surface area (Å²) in [4.78, 5) is 12.3. The van der Waals surface area contributed by atoms with Crippen molar-refractivity contribution in [3.05, 3.63) is 21.4 Å². The van der Waals surface area contributed by atoms with Crippen molar-refractivity contribution < 1.29 is 18.0 Å². The molecule has 1 aliphatic rings. The fraction of sp³-hybridized carbons (Fsp3) is 0.684. The van der Waals surface area contributed by atoms with Crippen LogP contribution in [0.2, 0.25) is 5.02 Å². The summed E-state index contributed by atoms with van der Waals surface area (Å²) < 4.78 is 40.6. The summed E-state index contributed by atoms with van der Waals surface area (Å²) in [6.07, 6.45) is 1.10. The number of hydrogen-bond acceptors (Lipinski definition) is 5. The number of aryl methyl sites for hydroxylation is 1. The fourth-order valence-electron chi connectivity index (χ4n) is 3.34. The molecule has 1 saturated carbocycles. The monoisotopic (exact) mass is 463 g/mol. The molecule has 30 heavy (non-hydrogen) atoms. The second-order valence-electron chi connectivity index (χ2n) is 7.53. The number of anilines is 1. The number of nitrogens with one attached hydrogen (secondary N) is 1. The average molecular weight is 464 g/mol. The van der Waals surface area contributed by atoms with Crippen LogP contribution < -0.4 is 5.32 Å². The van der Waals surface area contributed by atoms with Crippen LogP contribution in [0, 0.1) is 0 Å². The van der Waals surface area contributed by atoms with Gasteiger partial charge in [-0.05, 0) is 25.7 Å². The number of unbranched alkanes of at least 4 members (excludes halogenated alkanes) is 1. The number of hydrogen-bond donors (Lipinski definition) is 1. The molecule has 0 saturated heterocycles. The van der Waals surface area contributed by atoms with Crippen molar-refractivity contribution >= 4 is 34.0 Å². The van der Waals surface area contributed by atoms with E-state index in [0.717, 1.165) is 43.5 Å². The van der Waals surface area contributed by atoms with Crippen LogP contribution in [-0.4, -0.2) is 25.9 Å². The molecule has 1 fully saturated rings. The Balaban J connectivity index is 1.62. The Labute approximate surface area is 182 Å². The van der Waals surface area contributed by atoms with Crippen LogP contribution in [0.3, 0.4) is 0 Å². The zero-order valence-electron chi connectivity index (χ0n) is 16.9. The molecular weight excluding hydrogens is 439 g/mol. The van der Waals surface area contributed by atoms with E-state index in [1.807, 2.05) is 0 Å². The maximum atomic E-state index is 13.1. The minimum atomic E-state index is -4.62. The van der Waals surface area contributed by atoms with E-state index in [9.17, 15) is 18.0 Å². The van der Waals surface area contributed by atoms with Crippen molar-refractivity contribution in [3.63, 3.8) is 0 Å². The number of halogens is 4. The first-order valence-corrected chi connectivity index (χ1v) is 11.4. The van der Waals surface area contributed by atoms with Gasteiger partial charge in [0.05, 0.1) is 17.3 Å². The first-order valence-electron chi connectivity index (χ1n) is 10.2. The van der Waals surface area contributed by atoms with E-state index in [-0.39, 0.29) is 29.8 Å². The Hall–Kier alpha value is -1.68. The molecule has 2 heterocycles. The van der Waals surface area contributed by atoms with Gasteiger partial charge in [-0.1, -0.05) is 49.6 Å². The Kier molecular flexibility index (Phi) is 7.38. The van der Waals surface area contributed by atoms with Crippen LogP contribution in [0.1, 0.15) is 87.0 Å². The molecule has 166 valence electrons. The number of alkyl halides is 3. The Bertz CT molecular complexity index is 878. The molecule has 6 nitrogen and oxygen atoms in total. The molecule has 0 bridgehead atoms. The highest BCUT2D eigenvalue weighted by atomic mass is 35.5. The van der Waals surface area contributed by atoms with Crippen molar-refractivity contribution in [2.75, 3.05) is 5.32 Å². The summed E-state index contributed by atoms with van der Waals surface area (Å²) in [5.41, 5.74) is -0.713. The summed E-state index contributed by atoms with van der Waals surface area (Å²) in [5.74, 6) is -0.0496. The molecule has 2 aromatic heterocycles. The lowest BCUT2D eigenvalue weighted by Crippen LogP contribution is -2.16. The maximum Gasteiger partial charge on any atom is 0.436 e. The quantitative estimate of drug-likeness (QED) is 0.469. The zero-order valence-corrected chi connectivity index (χ0v) is 18.5. The number of aromatic nitrogens is 4. The fourth-order valence-corrected chi connectivity index (χ4v) is 4.72. The minimum absolute atomic E-state index is 0.0210. The van der Waals surface area contributed by atoms with Gasteiger partial charge in [0, 0.05) is 18.3 Å². The van der Waals surface area contributed by atoms with Crippen LogP contribution in [0.4, 0.5) is 18.3 Å². The van der Waals surface area contributed by atoms with Crippen molar-refractivity contribution in [3.8, 4) is 0 Å². The predicted molar refractivity (Wildman–Crippen MR) is 110 cm³/mol. The third-order valence-corrected chi connectivity index (χ3v) is 6.52. The van der Waals surface area contributed by atoms with E-state index < -0.39 is 11.9 Å². The molecule has 1 atom stereocenters. The van der Waals surface area contributed by atoms with Crippen LogP contribution in [0.5, 0.6) is 0 Å². The lowest BCUT2D eigenvalue weighted by Gasteiger charge is -2.09. The third kappa shape index (κ3) is 5.51. The Morgan fingerprint density at radius 3 is 2.67 bits per heavy atom. The molecule has 1 unspecified atom stereocenters. The van der Waals surface area contributed by atoms with Gasteiger partial charge in [-0.3, -0.25) is 9.48 Å². The van der Waals surface area contributed by atoms with E-state index in [4.69, 9.17) is 11.6 Å². The average Bonchev–Trinajstić information content (AvgIpc) is 3.31. The molecule has 2 aromatic rings. The molecule has 11 heteroatoms. The topological polar surface area (TPSA) is 72.7 Å². The molecule has 0 radical (unpaired) electrons. The molecule has 0 aliphatic heterocycles. The first kappa shape index (κ1) is 23.0. The highest BCUT2D eigenvalue weighted by Gasteiger charge is 2.42. The van der Waals surface area contributed by atoms with Crippen LogP contribution in [0.15, 0.2) is 0 Å². The number of carbonyl (C=O) groups excluding carboxylic acids is 1. The first-order chi connectivity index (χ1) is 14.2. The zero-order chi connectivity index (χ0) is 21.9. The van der Waals surface area contributed by atoms with Crippen molar-refractivity contribution in [1.82, 2.24) is 20.0 Å². The Morgan fingerprint density at radius 1 is 1.33 bits per heavy atom. The maximum absolute atomic E-state index is 13.1. The van der Waals surface area contributed by atoms with E-state index in [2.05, 4.69) is 34.5 Å². The second-order valence-corrected chi connectivity index (χ2v) is 8.92. The van der Waals surface area contributed by atoms with Gasteiger partial charge in [0.1, 0.15) is 5.01 Å². The summed E-state index contributed by atoms with van der Waals surface area (Å²) in [6, 6.07) is 0. The number of carbonyl (C=O) groups is 1. The SMILES string of the molecule is CCCCC(CC)c1nnc(NC(=O)CCn2nc(C(F)(F)F)c(Cl)c2C2CC2)s1. The summed E-state index contributed by atoms with van der Waals surface area (Å²) in [5, 5.41) is 15.5. The summed E-state index contributed by atoms with van der Waals surface area (Å²) >= 11 is 7.30. The molecule has 1 aliphatic carbocycles. The van der Waals surface area contributed by atoms with Crippen LogP contribution in [0.25, 0.3) is 0 Å². The highest BCUT2D eigenvalue weighted by molar-refractivity contribution is 7.15. The van der Waals surface area contributed by atoms with Gasteiger partial charge in [0.2, 0.25) is 11.0 Å². The summed E-state index contributed by atoms with van der Waals surface area (Å²) in [6.45, 7) is 4.26. The van der Waals surface area contributed by atoms with Crippen molar-refractivity contribution in [2.24, 2.45) is 0 Å². The van der Waals surface area contributed by atoms with Gasteiger partial charge in [-0.15, -0.1) is 10.2 Å². The molecule has 0 aromatic carbocycles. The molecular formula is C19H25ClF3N5OS. The van der Waals surface area contributed by atoms with E-state index in [1.165, 1.54) is 16.0 Å². The normalized spacial score (nSPS) is 15.4. The molecule has 1 N–H and O–H groups in total. The van der Waals surface area contributed by atoms with E-state index in [0.29, 0.717) is 16.7 Å².